The predicted molar refractivity (Wildman–Crippen MR) is 80.2 cm³/mol. The average molecular weight is 366 g/mol. The summed E-state index contributed by atoms with van der Waals surface area (Å²) in [4.78, 5) is -0.0194. The van der Waals surface area contributed by atoms with Gasteiger partial charge < -0.3 is 4.74 Å². The molecule has 1 rings (SSSR count). The molecule has 0 heterocycles. The summed E-state index contributed by atoms with van der Waals surface area (Å²) in [5, 5.41) is 0. The van der Waals surface area contributed by atoms with Crippen molar-refractivity contribution in [2.24, 2.45) is 0 Å². The molecule has 0 amide bonds. The summed E-state index contributed by atoms with van der Waals surface area (Å²) in [6, 6.07) is 2.37. The summed E-state index contributed by atoms with van der Waals surface area (Å²) < 4.78 is 45.7. The SMILES string of the molecule is CO/C=C/c1cc(F)c(Br)cc1S(=O)(=O)NC(C)(C)C. The largest absolute Gasteiger partial charge is 0.504 e. The van der Waals surface area contributed by atoms with Gasteiger partial charge in [0.2, 0.25) is 10.0 Å². The highest BCUT2D eigenvalue weighted by Gasteiger charge is 2.25. The zero-order valence-electron chi connectivity index (χ0n) is 11.7. The summed E-state index contributed by atoms with van der Waals surface area (Å²) in [5.41, 5.74) is -0.425. The highest BCUT2D eigenvalue weighted by Crippen LogP contribution is 2.26. The van der Waals surface area contributed by atoms with Crippen LogP contribution >= 0.6 is 15.9 Å². The van der Waals surface area contributed by atoms with Crippen molar-refractivity contribution in [1.82, 2.24) is 4.72 Å². The lowest BCUT2D eigenvalue weighted by atomic mass is 10.1. The topological polar surface area (TPSA) is 55.4 Å². The van der Waals surface area contributed by atoms with Gasteiger partial charge in [-0.1, -0.05) is 0 Å². The summed E-state index contributed by atoms with van der Waals surface area (Å²) in [6.45, 7) is 5.19. The van der Waals surface area contributed by atoms with E-state index in [1.165, 1.54) is 25.5 Å². The first-order valence-electron chi connectivity index (χ1n) is 5.79. The summed E-state index contributed by atoms with van der Waals surface area (Å²) in [5.74, 6) is -0.546. The van der Waals surface area contributed by atoms with Gasteiger partial charge in [-0.05, 0) is 54.9 Å². The van der Waals surface area contributed by atoms with Crippen molar-refractivity contribution in [3.05, 3.63) is 34.2 Å². The van der Waals surface area contributed by atoms with Crippen LogP contribution in [0, 0.1) is 5.82 Å². The molecule has 0 spiro atoms. The molecule has 20 heavy (non-hydrogen) atoms. The molecule has 0 bridgehead atoms. The van der Waals surface area contributed by atoms with Crippen LogP contribution in [0.15, 0.2) is 27.8 Å². The van der Waals surface area contributed by atoms with E-state index < -0.39 is 21.4 Å². The van der Waals surface area contributed by atoms with Gasteiger partial charge in [0.15, 0.2) is 0 Å². The maximum absolute atomic E-state index is 13.6. The second-order valence-electron chi connectivity index (χ2n) is 5.20. The third kappa shape index (κ3) is 4.57. The zero-order chi connectivity index (χ0) is 15.6. The van der Waals surface area contributed by atoms with Crippen LogP contribution in [0.2, 0.25) is 0 Å². The second-order valence-corrected chi connectivity index (χ2v) is 7.70. The van der Waals surface area contributed by atoms with Crippen LogP contribution in [-0.2, 0) is 14.8 Å². The first-order valence-corrected chi connectivity index (χ1v) is 8.07. The van der Waals surface area contributed by atoms with Crippen LogP contribution in [0.4, 0.5) is 4.39 Å². The van der Waals surface area contributed by atoms with Gasteiger partial charge >= 0.3 is 0 Å². The van der Waals surface area contributed by atoms with Crippen LogP contribution < -0.4 is 4.72 Å². The van der Waals surface area contributed by atoms with E-state index in [2.05, 4.69) is 20.7 Å². The van der Waals surface area contributed by atoms with Gasteiger partial charge in [0.05, 0.1) is 22.7 Å². The predicted octanol–water partition coefficient (Wildman–Crippen LogP) is 3.28. The maximum atomic E-state index is 13.6. The molecule has 0 aliphatic heterocycles. The molecular formula is C13H17BrFNO3S. The smallest absolute Gasteiger partial charge is 0.241 e. The monoisotopic (exact) mass is 365 g/mol. The molecule has 1 N–H and O–H groups in total. The molecule has 0 fully saturated rings. The van der Waals surface area contributed by atoms with Crippen molar-refractivity contribution >= 4 is 32.0 Å². The van der Waals surface area contributed by atoms with Crippen LogP contribution in [0.25, 0.3) is 6.08 Å². The first kappa shape index (κ1) is 17.1. The number of halogens is 2. The highest BCUT2D eigenvalue weighted by atomic mass is 79.9. The highest BCUT2D eigenvalue weighted by molar-refractivity contribution is 9.10. The summed E-state index contributed by atoms with van der Waals surface area (Å²) >= 11 is 3.00. The maximum Gasteiger partial charge on any atom is 0.241 e. The molecule has 4 nitrogen and oxygen atoms in total. The van der Waals surface area contributed by atoms with Crippen LogP contribution in [0.3, 0.4) is 0 Å². The molecule has 0 aliphatic carbocycles. The minimum absolute atomic E-state index is 0.0194. The van der Waals surface area contributed by atoms with Gasteiger partial charge in [-0.2, -0.15) is 0 Å². The average Bonchev–Trinajstić information content (AvgIpc) is 2.26. The first-order chi connectivity index (χ1) is 9.07. The number of benzene rings is 1. The number of hydrogen-bond acceptors (Lipinski definition) is 3. The minimum Gasteiger partial charge on any atom is -0.504 e. The van der Waals surface area contributed by atoms with E-state index in [4.69, 9.17) is 4.74 Å². The second kappa shape index (κ2) is 6.24. The molecule has 1 aromatic rings. The number of methoxy groups -OCH3 is 1. The number of hydrogen-bond donors (Lipinski definition) is 1. The van der Waals surface area contributed by atoms with Gasteiger partial charge in [-0.15, -0.1) is 0 Å². The molecule has 1 aromatic carbocycles. The van der Waals surface area contributed by atoms with Crippen molar-refractivity contribution in [2.75, 3.05) is 7.11 Å². The van der Waals surface area contributed by atoms with Gasteiger partial charge in [-0.3, -0.25) is 0 Å². The fourth-order valence-corrected chi connectivity index (χ4v) is 3.63. The number of rotatable bonds is 4. The van der Waals surface area contributed by atoms with E-state index in [0.717, 1.165) is 6.07 Å². The number of sulfonamides is 1. The molecule has 0 atom stereocenters. The van der Waals surface area contributed by atoms with Gasteiger partial charge in [-0.25, -0.2) is 17.5 Å². The lowest BCUT2D eigenvalue weighted by Crippen LogP contribution is -2.40. The Hall–Kier alpha value is -0.920. The molecule has 0 unspecified atom stereocenters. The fourth-order valence-electron chi connectivity index (χ4n) is 1.51. The Labute approximate surface area is 127 Å². The van der Waals surface area contributed by atoms with E-state index in [1.807, 2.05) is 0 Å². The van der Waals surface area contributed by atoms with E-state index in [0.29, 0.717) is 0 Å². The van der Waals surface area contributed by atoms with Crippen molar-refractivity contribution in [1.29, 1.82) is 0 Å². The Morgan fingerprint density at radius 3 is 2.45 bits per heavy atom. The van der Waals surface area contributed by atoms with Gasteiger partial charge in [0.25, 0.3) is 0 Å². The Bertz CT molecular complexity index is 621. The molecule has 0 aliphatic rings. The quantitative estimate of drug-likeness (QED) is 0.832. The van der Waals surface area contributed by atoms with E-state index in [-0.39, 0.29) is 14.9 Å². The van der Waals surface area contributed by atoms with Crippen molar-refractivity contribution in [3.63, 3.8) is 0 Å². The Morgan fingerprint density at radius 1 is 1.35 bits per heavy atom. The lowest BCUT2D eigenvalue weighted by molar-refractivity contribution is 0.341. The van der Waals surface area contributed by atoms with Gasteiger partial charge in [0.1, 0.15) is 5.82 Å². The molecule has 0 aromatic heterocycles. The zero-order valence-corrected chi connectivity index (χ0v) is 14.1. The molecule has 7 heteroatoms. The van der Waals surface area contributed by atoms with Crippen molar-refractivity contribution in [2.45, 2.75) is 31.2 Å². The summed E-state index contributed by atoms with van der Waals surface area (Å²) in [7, 11) is -2.35. The van der Waals surface area contributed by atoms with E-state index >= 15 is 0 Å². The van der Waals surface area contributed by atoms with Crippen LogP contribution in [0.1, 0.15) is 26.3 Å². The number of nitrogens with one attached hydrogen (secondary N) is 1. The normalized spacial score (nSPS) is 12.9. The number of ether oxygens (including phenoxy) is 1. The van der Waals surface area contributed by atoms with Crippen LogP contribution in [-0.4, -0.2) is 21.1 Å². The van der Waals surface area contributed by atoms with Crippen molar-refractivity contribution in [3.8, 4) is 0 Å². The molecule has 0 saturated carbocycles. The van der Waals surface area contributed by atoms with E-state index in [1.54, 1.807) is 20.8 Å². The fraction of sp³-hybridized carbons (Fsp3) is 0.385. The minimum atomic E-state index is -3.77. The Balaban J connectivity index is 3.42. The lowest BCUT2D eigenvalue weighted by Gasteiger charge is -2.21. The third-order valence-electron chi connectivity index (χ3n) is 2.17. The Morgan fingerprint density at radius 2 is 1.95 bits per heavy atom. The van der Waals surface area contributed by atoms with Crippen molar-refractivity contribution < 1.29 is 17.5 Å². The van der Waals surface area contributed by atoms with Crippen LogP contribution in [0.5, 0.6) is 0 Å². The molecule has 112 valence electrons. The molecular weight excluding hydrogens is 349 g/mol. The molecule has 0 saturated heterocycles. The Kier molecular flexibility index (Phi) is 5.34. The standard InChI is InChI=1S/C13H17BrFNO3S/c1-13(2,3)16-20(17,18)12-8-10(14)11(15)7-9(12)5-6-19-4/h5-8,16H,1-4H3/b6-5+. The third-order valence-corrected chi connectivity index (χ3v) is 4.59. The molecule has 0 radical (unpaired) electrons. The van der Waals surface area contributed by atoms with E-state index in [9.17, 15) is 12.8 Å². The van der Waals surface area contributed by atoms with Gasteiger partial charge in [0, 0.05) is 11.1 Å². The summed E-state index contributed by atoms with van der Waals surface area (Å²) in [6.07, 6.45) is 2.69.